The second-order valence-corrected chi connectivity index (χ2v) is 8.27. The van der Waals surface area contributed by atoms with Gasteiger partial charge in [0.25, 0.3) is 5.91 Å². The Balaban J connectivity index is 1.66. The first-order chi connectivity index (χ1) is 15.4. The van der Waals surface area contributed by atoms with E-state index in [4.69, 9.17) is 9.47 Å². The van der Waals surface area contributed by atoms with Gasteiger partial charge in [-0.3, -0.25) is 4.79 Å². The van der Waals surface area contributed by atoms with Crippen LogP contribution in [0.3, 0.4) is 0 Å². The van der Waals surface area contributed by atoms with Crippen LogP contribution in [-0.2, 0) is 13.0 Å². The number of benzene rings is 3. The number of ether oxygens (including phenoxy) is 2. The second kappa shape index (κ2) is 11.4. The van der Waals surface area contributed by atoms with Crippen molar-refractivity contribution < 1.29 is 14.3 Å². The fourth-order valence-electron chi connectivity index (χ4n) is 3.71. The van der Waals surface area contributed by atoms with Gasteiger partial charge in [0.2, 0.25) is 0 Å². The monoisotopic (exact) mass is 431 g/mol. The highest BCUT2D eigenvalue weighted by molar-refractivity contribution is 5.94. The molecule has 0 aromatic heterocycles. The SMILES string of the molecule is CCOc1ccc(C(=O)NC(C)CCc2ccccc2)cc1COc1cc(C)cc(C)c1. The molecule has 3 rings (SSSR count). The molecule has 168 valence electrons. The van der Waals surface area contributed by atoms with E-state index in [0.717, 1.165) is 41.0 Å². The maximum atomic E-state index is 12.9. The van der Waals surface area contributed by atoms with Gasteiger partial charge in [-0.1, -0.05) is 36.4 Å². The minimum atomic E-state index is -0.0822. The first kappa shape index (κ1) is 23.4. The van der Waals surface area contributed by atoms with Crippen LogP contribution in [0, 0.1) is 13.8 Å². The Labute approximate surface area is 191 Å². The molecule has 0 bridgehead atoms. The van der Waals surface area contributed by atoms with Crippen LogP contribution in [0.15, 0.2) is 66.7 Å². The Morgan fingerprint density at radius 2 is 1.66 bits per heavy atom. The van der Waals surface area contributed by atoms with Crippen LogP contribution in [0.2, 0.25) is 0 Å². The van der Waals surface area contributed by atoms with Gasteiger partial charge >= 0.3 is 0 Å². The molecule has 1 atom stereocenters. The summed E-state index contributed by atoms with van der Waals surface area (Å²) in [4.78, 5) is 12.9. The summed E-state index contributed by atoms with van der Waals surface area (Å²) in [7, 11) is 0. The average molecular weight is 432 g/mol. The molecule has 0 radical (unpaired) electrons. The summed E-state index contributed by atoms with van der Waals surface area (Å²) in [5, 5.41) is 3.11. The van der Waals surface area contributed by atoms with Crippen LogP contribution in [0.1, 0.15) is 52.9 Å². The van der Waals surface area contributed by atoms with Crippen LogP contribution in [0.5, 0.6) is 11.5 Å². The highest BCUT2D eigenvalue weighted by atomic mass is 16.5. The van der Waals surface area contributed by atoms with E-state index in [1.165, 1.54) is 5.56 Å². The van der Waals surface area contributed by atoms with Gasteiger partial charge < -0.3 is 14.8 Å². The second-order valence-electron chi connectivity index (χ2n) is 8.27. The Morgan fingerprint density at radius 1 is 0.938 bits per heavy atom. The van der Waals surface area contributed by atoms with Crippen molar-refractivity contribution in [1.29, 1.82) is 0 Å². The number of carbonyl (C=O) groups excluding carboxylic acids is 1. The van der Waals surface area contributed by atoms with Gasteiger partial charge in [0.05, 0.1) is 6.61 Å². The summed E-state index contributed by atoms with van der Waals surface area (Å²) in [6.07, 6.45) is 1.82. The van der Waals surface area contributed by atoms with Gasteiger partial charge in [0, 0.05) is 17.2 Å². The lowest BCUT2D eigenvalue weighted by atomic mass is 10.1. The maximum Gasteiger partial charge on any atom is 0.251 e. The first-order valence-corrected chi connectivity index (χ1v) is 11.3. The molecule has 0 fully saturated rings. The number of aryl methyl sites for hydroxylation is 3. The van der Waals surface area contributed by atoms with Gasteiger partial charge in [0.1, 0.15) is 18.1 Å². The Bertz CT molecular complexity index is 1010. The fourth-order valence-corrected chi connectivity index (χ4v) is 3.71. The number of nitrogens with one attached hydrogen (secondary N) is 1. The van der Waals surface area contributed by atoms with Gasteiger partial charge in [-0.2, -0.15) is 0 Å². The zero-order valence-electron chi connectivity index (χ0n) is 19.5. The number of hydrogen-bond acceptors (Lipinski definition) is 3. The molecule has 3 aromatic rings. The van der Waals surface area contributed by atoms with E-state index in [-0.39, 0.29) is 11.9 Å². The lowest BCUT2D eigenvalue weighted by Gasteiger charge is -2.16. The fraction of sp³-hybridized carbons (Fsp3) is 0.321. The van der Waals surface area contributed by atoms with Crippen molar-refractivity contribution >= 4 is 5.91 Å². The summed E-state index contributed by atoms with van der Waals surface area (Å²) in [6.45, 7) is 8.98. The van der Waals surface area contributed by atoms with Crippen molar-refractivity contribution in [1.82, 2.24) is 5.32 Å². The summed E-state index contributed by atoms with van der Waals surface area (Å²) in [5.41, 5.74) is 5.06. The number of rotatable bonds is 10. The molecule has 0 aliphatic carbocycles. The van der Waals surface area contributed by atoms with Crippen molar-refractivity contribution in [2.75, 3.05) is 6.61 Å². The third-order valence-corrected chi connectivity index (χ3v) is 5.30. The van der Waals surface area contributed by atoms with Crippen molar-refractivity contribution in [3.8, 4) is 11.5 Å². The van der Waals surface area contributed by atoms with E-state index in [1.807, 2.05) is 62.4 Å². The zero-order chi connectivity index (χ0) is 22.9. The molecule has 32 heavy (non-hydrogen) atoms. The predicted octanol–water partition coefficient (Wildman–Crippen LogP) is 6.03. The third kappa shape index (κ3) is 6.88. The van der Waals surface area contributed by atoms with E-state index in [2.05, 4.69) is 37.4 Å². The maximum absolute atomic E-state index is 12.9. The Hall–Kier alpha value is -3.27. The van der Waals surface area contributed by atoms with Crippen LogP contribution < -0.4 is 14.8 Å². The minimum absolute atomic E-state index is 0.0734. The van der Waals surface area contributed by atoms with Crippen molar-refractivity contribution in [3.05, 3.63) is 94.5 Å². The number of amides is 1. The lowest BCUT2D eigenvalue weighted by molar-refractivity contribution is 0.0938. The molecule has 0 aliphatic heterocycles. The average Bonchev–Trinajstić information content (AvgIpc) is 2.77. The van der Waals surface area contributed by atoms with Crippen LogP contribution in [0.4, 0.5) is 0 Å². The van der Waals surface area contributed by atoms with E-state index in [1.54, 1.807) is 0 Å². The molecule has 1 amide bonds. The standard InChI is InChI=1S/C28H33NO3/c1-5-31-27-14-13-24(18-25(27)19-32-26-16-20(2)15-21(3)17-26)28(30)29-22(4)11-12-23-9-7-6-8-10-23/h6-10,13-18,22H,5,11-12,19H2,1-4H3,(H,29,30). The largest absolute Gasteiger partial charge is 0.493 e. The number of hydrogen-bond donors (Lipinski definition) is 1. The molecule has 4 nitrogen and oxygen atoms in total. The van der Waals surface area contributed by atoms with Crippen molar-refractivity contribution in [2.24, 2.45) is 0 Å². The van der Waals surface area contributed by atoms with E-state index >= 15 is 0 Å². The molecule has 0 saturated carbocycles. The number of carbonyl (C=O) groups is 1. The van der Waals surface area contributed by atoms with E-state index in [9.17, 15) is 4.79 Å². The molecule has 0 saturated heterocycles. The first-order valence-electron chi connectivity index (χ1n) is 11.3. The van der Waals surface area contributed by atoms with Crippen LogP contribution >= 0.6 is 0 Å². The topological polar surface area (TPSA) is 47.6 Å². The van der Waals surface area contributed by atoms with E-state index in [0.29, 0.717) is 18.8 Å². The van der Waals surface area contributed by atoms with Gasteiger partial charge in [-0.15, -0.1) is 0 Å². The Morgan fingerprint density at radius 3 is 2.34 bits per heavy atom. The molecule has 4 heteroatoms. The molecule has 0 aliphatic rings. The predicted molar refractivity (Wildman–Crippen MR) is 130 cm³/mol. The highest BCUT2D eigenvalue weighted by Gasteiger charge is 2.14. The molecule has 3 aromatic carbocycles. The molecule has 0 heterocycles. The van der Waals surface area contributed by atoms with Crippen LogP contribution in [0.25, 0.3) is 0 Å². The highest BCUT2D eigenvalue weighted by Crippen LogP contribution is 2.24. The molecular weight excluding hydrogens is 398 g/mol. The summed E-state index contributed by atoms with van der Waals surface area (Å²) in [5.74, 6) is 1.47. The molecule has 1 unspecified atom stereocenters. The molecule has 1 N–H and O–H groups in total. The van der Waals surface area contributed by atoms with Gasteiger partial charge in [-0.25, -0.2) is 0 Å². The van der Waals surface area contributed by atoms with Crippen molar-refractivity contribution in [3.63, 3.8) is 0 Å². The molecule has 0 spiro atoms. The summed E-state index contributed by atoms with van der Waals surface area (Å²) >= 11 is 0. The van der Waals surface area contributed by atoms with Gasteiger partial charge in [-0.05, 0) is 87.6 Å². The minimum Gasteiger partial charge on any atom is -0.493 e. The Kier molecular flexibility index (Phi) is 8.32. The van der Waals surface area contributed by atoms with Gasteiger partial charge in [0.15, 0.2) is 0 Å². The summed E-state index contributed by atoms with van der Waals surface area (Å²) in [6, 6.07) is 22.1. The lowest BCUT2D eigenvalue weighted by Crippen LogP contribution is -2.33. The smallest absolute Gasteiger partial charge is 0.251 e. The third-order valence-electron chi connectivity index (χ3n) is 5.30. The molecular formula is C28H33NO3. The zero-order valence-corrected chi connectivity index (χ0v) is 19.5. The quantitative estimate of drug-likeness (QED) is 0.426. The van der Waals surface area contributed by atoms with Crippen molar-refractivity contribution in [2.45, 2.75) is 53.2 Å². The van der Waals surface area contributed by atoms with E-state index < -0.39 is 0 Å². The summed E-state index contributed by atoms with van der Waals surface area (Å²) < 4.78 is 11.8. The van der Waals surface area contributed by atoms with Crippen LogP contribution in [-0.4, -0.2) is 18.6 Å². The normalized spacial score (nSPS) is 11.6.